The molecule has 1 aromatic carbocycles. The molecule has 1 aliphatic carbocycles. The van der Waals surface area contributed by atoms with Gasteiger partial charge >= 0.3 is 0 Å². The minimum atomic E-state index is 0.461. The summed E-state index contributed by atoms with van der Waals surface area (Å²) in [6, 6.07) is 8.31. The highest BCUT2D eigenvalue weighted by molar-refractivity contribution is 5.26. The molecule has 0 amide bonds. The lowest BCUT2D eigenvalue weighted by atomic mass is 10.1. The van der Waals surface area contributed by atoms with Crippen molar-refractivity contribution in [3.63, 3.8) is 0 Å². The Morgan fingerprint density at radius 2 is 1.65 bits per heavy atom. The third-order valence-corrected chi connectivity index (χ3v) is 3.62. The normalized spacial score (nSPS) is 17.9. The van der Waals surface area contributed by atoms with Crippen molar-refractivity contribution in [3.8, 4) is 0 Å². The Morgan fingerprint density at radius 3 is 2.29 bits per heavy atom. The zero-order valence-electron chi connectivity index (χ0n) is 10.5. The molecule has 1 aliphatic rings. The number of hydrogen-bond donors (Lipinski definition) is 1. The predicted octanol–water partition coefficient (Wildman–Crippen LogP) is 3.38. The first-order valence-corrected chi connectivity index (χ1v) is 6.78. The maximum atomic E-state index is 6.04. The molecule has 0 radical (unpaired) electrons. The van der Waals surface area contributed by atoms with Crippen molar-refractivity contribution in [2.24, 2.45) is 5.73 Å². The van der Waals surface area contributed by atoms with E-state index in [1.807, 2.05) is 6.07 Å². The molecule has 2 N–H and O–H groups in total. The zero-order valence-corrected chi connectivity index (χ0v) is 10.5. The van der Waals surface area contributed by atoms with Gasteiger partial charge in [-0.1, -0.05) is 49.9 Å². The molecule has 0 unspecified atom stereocenters. The molecule has 0 aromatic heterocycles. The molecule has 1 fully saturated rings. The Kier molecular flexibility index (Phi) is 5.02. The lowest BCUT2D eigenvalue weighted by Gasteiger charge is -2.16. The van der Waals surface area contributed by atoms with Crippen LogP contribution in [-0.2, 0) is 17.9 Å². The van der Waals surface area contributed by atoms with Crippen molar-refractivity contribution in [1.82, 2.24) is 0 Å². The van der Waals surface area contributed by atoms with E-state index in [4.69, 9.17) is 10.5 Å². The molecular formula is C15H23NO. The van der Waals surface area contributed by atoms with Crippen molar-refractivity contribution in [2.45, 2.75) is 57.8 Å². The third kappa shape index (κ3) is 3.83. The molecule has 17 heavy (non-hydrogen) atoms. The van der Waals surface area contributed by atoms with Gasteiger partial charge in [0.2, 0.25) is 0 Å². The monoisotopic (exact) mass is 233 g/mol. The molecule has 2 rings (SSSR count). The van der Waals surface area contributed by atoms with Crippen LogP contribution in [0.2, 0.25) is 0 Å². The first-order valence-electron chi connectivity index (χ1n) is 6.78. The minimum absolute atomic E-state index is 0.461. The van der Waals surface area contributed by atoms with Crippen LogP contribution in [0.15, 0.2) is 24.3 Å². The molecule has 0 bridgehead atoms. The molecule has 2 nitrogen and oxygen atoms in total. The van der Waals surface area contributed by atoms with Crippen LogP contribution < -0.4 is 5.73 Å². The fraction of sp³-hybridized carbons (Fsp3) is 0.600. The first-order chi connectivity index (χ1) is 8.40. The number of nitrogens with two attached hydrogens (primary N) is 1. The lowest BCUT2D eigenvalue weighted by Crippen LogP contribution is -2.12. The van der Waals surface area contributed by atoms with E-state index in [-0.39, 0.29) is 0 Å². The molecule has 94 valence electrons. The van der Waals surface area contributed by atoms with Gasteiger partial charge in [-0.3, -0.25) is 0 Å². The number of ether oxygens (including phenoxy) is 1. The van der Waals surface area contributed by atoms with Gasteiger partial charge in [0, 0.05) is 6.54 Å². The minimum Gasteiger partial charge on any atom is -0.374 e. The molecule has 1 aromatic rings. The summed E-state index contributed by atoms with van der Waals surface area (Å²) in [6.45, 7) is 1.32. The Morgan fingerprint density at radius 1 is 1.00 bits per heavy atom. The molecule has 0 aliphatic heterocycles. The summed E-state index contributed by atoms with van der Waals surface area (Å²) >= 11 is 0. The molecule has 0 spiro atoms. The Bertz CT molecular complexity index is 329. The largest absolute Gasteiger partial charge is 0.374 e. The van der Waals surface area contributed by atoms with Crippen molar-refractivity contribution in [2.75, 3.05) is 0 Å². The summed E-state index contributed by atoms with van der Waals surface area (Å²) in [4.78, 5) is 0. The van der Waals surface area contributed by atoms with Crippen LogP contribution in [0.4, 0.5) is 0 Å². The van der Waals surface area contributed by atoms with Gasteiger partial charge in [-0.2, -0.15) is 0 Å². The van der Waals surface area contributed by atoms with Crippen molar-refractivity contribution >= 4 is 0 Å². The van der Waals surface area contributed by atoms with Crippen LogP contribution >= 0.6 is 0 Å². The van der Waals surface area contributed by atoms with Crippen LogP contribution in [0, 0.1) is 0 Å². The van der Waals surface area contributed by atoms with Crippen molar-refractivity contribution in [3.05, 3.63) is 35.4 Å². The Labute approximate surface area is 104 Å². The summed E-state index contributed by atoms with van der Waals surface area (Å²) in [5.74, 6) is 0. The van der Waals surface area contributed by atoms with Gasteiger partial charge in [-0.15, -0.1) is 0 Å². The fourth-order valence-corrected chi connectivity index (χ4v) is 2.51. The summed E-state index contributed by atoms with van der Waals surface area (Å²) in [7, 11) is 0. The van der Waals surface area contributed by atoms with E-state index in [9.17, 15) is 0 Å². The van der Waals surface area contributed by atoms with Crippen LogP contribution in [-0.4, -0.2) is 6.10 Å². The SMILES string of the molecule is NCc1ccccc1COC1CCCCCC1. The van der Waals surface area contributed by atoms with Gasteiger partial charge in [0.05, 0.1) is 12.7 Å². The quantitative estimate of drug-likeness (QED) is 0.809. The van der Waals surface area contributed by atoms with Gasteiger partial charge in [-0.05, 0) is 24.0 Å². The van der Waals surface area contributed by atoms with Gasteiger partial charge < -0.3 is 10.5 Å². The van der Waals surface area contributed by atoms with E-state index in [0.717, 1.165) is 6.61 Å². The average molecular weight is 233 g/mol. The Balaban J connectivity index is 1.87. The standard InChI is InChI=1S/C15H23NO/c16-11-13-7-5-6-8-14(13)12-17-15-9-3-1-2-4-10-15/h5-8,15H,1-4,9-12,16H2. The fourth-order valence-electron chi connectivity index (χ4n) is 2.51. The second kappa shape index (κ2) is 6.77. The summed E-state index contributed by atoms with van der Waals surface area (Å²) < 4.78 is 6.04. The summed E-state index contributed by atoms with van der Waals surface area (Å²) in [5, 5.41) is 0. The second-order valence-electron chi connectivity index (χ2n) is 4.90. The van der Waals surface area contributed by atoms with E-state index in [1.165, 1.54) is 49.7 Å². The van der Waals surface area contributed by atoms with Crippen LogP contribution in [0.1, 0.15) is 49.7 Å². The van der Waals surface area contributed by atoms with Crippen LogP contribution in [0.25, 0.3) is 0 Å². The number of rotatable bonds is 4. The average Bonchev–Trinajstić information content (AvgIpc) is 2.65. The second-order valence-corrected chi connectivity index (χ2v) is 4.90. The molecule has 2 heteroatoms. The van der Waals surface area contributed by atoms with Crippen molar-refractivity contribution < 1.29 is 4.74 Å². The van der Waals surface area contributed by atoms with Gasteiger partial charge in [0.1, 0.15) is 0 Å². The Hall–Kier alpha value is -0.860. The lowest BCUT2D eigenvalue weighted by molar-refractivity contribution is 0.0306. The van der Waals surface area contributed by atoms with E-state index in [1.54, 1.807) is 0 Å². The van der Waals surface area contributed by atoms with Crippen LogP contribution in [0.5, 0.6) is 0 Å². The highest BCUT2D eigenvalue weighted by Gasteiger charge is 2.13. The molecule has 0 saturated heterocycles. The van der Waals surface area contributed by atoms with E-state index in [0.29, 0.717) is 12.6 Å². The summed E-state index contributed by atoms with van der Waals surface area (Å²) in [5.41, 5.74) is 8.19. The molecule has 0 heterocycles. The molecule has 0 atom stereocenters. The van der Waals surface area contributed by atoms with E-state index >= 15 is 0 Å². The molecular weight excluding hydrogens is 210 g/mol. The van der Waals surface area contributed by atoms with Crippen LogP contribution in [0.3, 0.4) is 0 Å². The number of hydrogen-bond acceptors (Lipinski definition) is 2. The van der Waals surface area contributed by atoms with Gasteiger partial charge in [0.15, 0.2) is 0 Å². The zero-order chi connectivity index (χ0) is 11.9. The third-order valence-electron chi connectivity index (χ3n) is 3.62. The predicted molar refractivity (Wildman–Crippen MR) is 70.6 cm³/mol. The van der Waals surface area contributed by atoms with Gasteiger partial charge in [-0.25, -0.2) is 0 Å². The van der Waals surface area contributed by atoms with E-state index in [2.05, 4.69) is 18.2 Å². The van der Waals surface area contributed by atoms with Gasteiger partial charge in [0.25, 0.3) is 0 Å². The maximum absolute atomic E-state index is 6.04. The summed E-state index contributed by atoms with van der Waals surface area (Å²) in [6.07, 6.45) is 8.31. The maximum Gasteiger partial charge on any atom is 0.0723 e. The highest BCUT2D eigenvalue weighted by Crippen LogP contribution is 2.21. The first kappa shape index (κ1) is 12.6. The molecule has 1 saturated carbocycles. The van der Waals surface area contributed by atoms with Crippen molar-refractivity contribution in [1.29, 1.82) is 0 Å². The van der Waals surface area contributed by atoms with E-state index < -0.39 is 0 Å². The highest BCUT2D eigenvalue weighted by atomic mass is 16.5. The topological polar surface area (TPSA) is 35.2 Å². The number of benzene rings is 1. The smallest absolute Gasteiger partial charge is 0.0723 e.